The molecule has 60 valence electrons. The maximum atomic E-state index is 5.83. The van der Waals surface area contributed by atoms with E-state index in [1.165, 1.54) is 0 Å². The molecule has 1 atom stereocenters. The van der Waals surface area contributed by atoms with Gasteiger partial charge in [-0.05, 0) is 6.92 Å². The van der Waals surface area contributed by atoms with Gasteiger partial charge in [-0.3, -0.25) is 4.90 Å². The maximum absolute atomic E-state index is 5.83. The molecule has 1 saturated heterocycles. The lowest BCUT2D eigenvalue weighted by Gasteiger charge is -2.27. The second kappa shape index (κ2) is 4.16. The number of ether oxygens (including phenoxy) is 1. The molecule has 1 rings (SSSR count). The molecule has 1 aliphatic heterocycles. The van der Waals surface area contributed by atoms with Crippen LogP contribution in [0.25, 0.3) is 0 Å². The number of hydrogen-bond donors (Lipinski definition) is 0. The van der Waals surface area contributed by atoms with Crippen molar-refractivity contribution in [1.29, 1.82) is 0 Å². The predicted octanol–water partition coefficient (Wildman–Crippen LogP) is 0.946. The molecule has 0 N–H and O–H groups in total. The molecule has 2 nitrogen and oxygen atoms in total. The Morgan fingerprint density at radius 3 is 2.60 bits per heavy atom. The largest absolute Gasteiger partial charge is 0.379 e. The number of hydrogen-bond acceptors (Lipinski definition) is 2. The molecule has 0 aromatic heterocycles. The lowest BCUT2D eigenvalue weighted by molar-refractivity contribution is 0.0384. The van der Waals surface area contributed by atoms with Crippen molar-refractivity contribution in [2.45, 2.75) is 12.3 Å². The summed E-state index contributed by atoms with van der Waals surface area (Å²) in [5.74, 6) is 0. The van der Waals surface area contributed by atoms with Crippen molar-refractivity contribution in [3.8, 4) is 0 Å². The van der Waals surface area contributed by atoms with Gasteiger partial charge in [0, 0.05) is 25.0 Å². The molecule has 0 aliphatic carbocycles. The fourth-order valence-corrected chi connectivity index (χ4v) is 1.33. The zero-order valence-corrected chi connectivity index (χ0v) is 7.10. The first-order valence-corrected chi connectivity index (χ1v) is 4.17. The number of alkyl halides is 1. The molecular formula is C7H14ClNO. The van der Waals surface area contributed by atoms with Crippen LogP contribution >= 0.6 is 11.6 Å². The van der Waals surface area contributed by atoms with E-state index in [4.69, 9.17) is 16.3 Å². The smallest absolute Gasteiger partial charge is 0.0594 e. The van der Waals surface area contributed by atoms with Gasteiger partial charge in [-0.2, -0.15) is 0 Å². The van der Waals surface area contributed by atoms with Crippen LogP contribution < -0.4 is 0 Å². The summed E-state index contributed by atoms with van der Waals surface area (Å²) >= 11 is 5.83. The first kappa shape index (κ1) is 8.31. The van der Waals surface area contributed by atoms with Crippen molar-refractivity contribution in [3.63, 3.8) is 0 Å². The van der Waals surface area contributed by atoms with E-state index in [1.807, 2.05) is 6.92 Å². The summed E-state index contributed by atoms with van der Waals surface area (Å²) in [5, 5.41) is 0.262. The average Bonchev–Trinajstić information content (AvgIpc) is 1.88. The second-order valence-electron chi connectivity index (χ2n) is 2.69. The van der Waals surface area contributed by atoms with Crippen molar-refractivity contribution >= 4 is 11.6 Å². The summed E-state index contributed by atoms with van der Waals surface area (Å²) in [6, 6.07) is 0. The minimum atomic E-state index is 0.262. The van der Waals surface area contributed by atoms with E-state index in [9.17, 15) is 0 Å². The van der Waals surface area contributed by atoms with E-state index < -0.39 is 0 Å². The molecule has 0 amide bonds. The molecule has 0 bridgehead atoms. The van der Waals surface area contributed by atoms with Gasteiger partial charge in [0.2, 0.25) is 0 Å². The van der Waals surface area contributed by atoms with Gasteiger partial charge >= 0.3 is 0 Å². The van der Waals surface area contributed by atoms with Crippen molar-refractivity contribution in [2.75, 3.05) is 32.8 Å². The van der Waals surface area contributed by atoms with E-state index in [2.05, 4.69) is 4.90 Å². The third-order valence-corrected chi connectivity index (χ3v) is 1.75. The van der Waals surface area contributed by atoms with Gasteiger partial charge in [0.05, 0.1) is 13.2 Å². The fourth-order valence-electron chi connectivity index (χ4n) is 1.14. The van der Waals surface area contributed by atoms with E-state index in [-0.39, 0.29) is 5.38 Å². The topological polar surface area (TPSA) is 12.5 Å². The standard InChI is InChI=1S/C7H14ClNO/c1-7(8)6-9-2-4-10-5-3-9/h7H,2-6H2,1H3/t7-/m1/s1. The Bertz CT molecular complexity index is 91.6. The first-order valence-electron chi connectivity index (χ1n) is 3.73. The molecule has 1 aliphatic rings. The molecule has 0 radical (unpaired) electrons. The molecular weight excluding hydrogens is 150 g/mol. The number of morpholine rings is 1. The highest BCUT2D eigenvalue weighted by molar-refractivity contribution is 6.20. The summed E-state index contributed by atoms with van der Waals surface area (Å²) in [5.41, 5.74) is 0. The SMILES string of the molecule is C[C@@H](Cl)CN1CCOCC1. The van der Waals surface area contributed by atoms with Crippen molar-refractivity contribution in [1.82, 2.24) is 4.90 Å². The minimum absolute atomic E-state index is 0.262. The summed E-state index contributed by atoms with van der Waals surface area (Å²) in [7, 11) is 0. The summed E-state index contributed by atoms with van der Waals surface area (Å²) in [4.78, 5) is 2.33. The third-order valence-electron chi connectivity index (χ3n) is 1.61. The molecule has 10 heavy (non-hydrogen) atoms. The molecule has 1 heterocycles. The third kappa shape index (κ3) is 2.86. The molecule has 0 aromatic rings. The normalized spacial score (nSPS) is 24.6. The lowest BCUT2D eigenvalue weighted by atomic mass is 10.3. The number of halogens is 1. The van der Waals surface area contributed by atoms with Crippen molar-refractivity contribution in [3.05, 3.63) is 0 Å². The van der Waals surface area contributed by atoms with Crippen LogP contribution in [-0.2, 0) is 4.74 Å². The maximum Gasteiger partial charge on any atom is 0.0594 e. The van der Waals surface area contributed by atoms with E-state index in [0.29, 0.717) is 0 Å². The van der Waals surface area contributed by atoms with Crippen LogP contribution in [0.3, 0.4) is 0 Å². The zero-order chi connectivity index (χ0) is 7.40. The summed E-state index contributed by atoms with van der Waals surface area (Å²) < 4.78 is 5.20. The highest BCUT2D eigenvalue weighted by atomic mass is 35.5. The highest BCUT2D eigenvalue weighted by Gasteiger charge is 2.11. The predicted molar refractivity (Wildman–Crippen MR) is 42.6 cm³/mol. The molecule has 0 unspecified atom stereocenters. The van der Waals surface area contributed by atoms with Crippen LogP contribution in [0.4, 0.5) is 0 Å². The van der Waals surface area contributed by atoms with Crippen LogP contribution in [-0.4, -0.2) is 43.1 Å². The molecule has 0 spiro atoms. The van der Waals surface area contributed by atoms with E-state index >= 15 is 0 Å². The highest BCUT2D eigenvalue weighted by Crippen LogP contribution is 2.01. The summed E-state index contributed by atoms with van der Waals surface area (Å²) in [6.07, 6.45) is 0. The van der Waals surface area contributed by atoms with Gasteiger partial charge in [0.1, 0.15) is 0 Å². The van der Waals surface area contributed by atoms with Crippen LogP contribution in [0, 0.1) is 0 Å². The quantitative estimate of drug-likeness (QED) is 0.562. The Kier molecular flexibility index (Phi) is 3.46. The van der Waals surface area contributed by atoms with Gasteiger partial charge in [-0.25, -0.2) is 0 Å². The van der Waals surface area contributed by atoms with Crippen LogP contribution in [0.2, 0.25) is 0 Å². The van der Waals surface area contributed by atoms with Crippen LogP contribution in [0.1, 0.15) is 6.92 Å². The molecule has 1 fully saturated rings. The Morgan fingerprint density at radius 2 is 2.10 bits per heavy atom. The van der Waals surface area contributed by atoms with Crippen LogP contribution in [0.15, 0.2) is 0 Å². The average molecular weight is 164 g/mol. The fraction of sp³-hybridized carbons (Fsp3) is 1.00. The zero-order valence-electron chi connectivity index (χ0n) is 6.35. The van der Waals surface area contributed by atoms with E-state index in [1.54, 1.807) is 0 Å². The first-order chi connectivity index (χ1) is 4.79. The number of rotatable bonds is 2. The van der Waals surface area contributed by atoms with E-state index in [0.717, 1.165) is 32.8 Å². The van der Waals surface area contributed by atoms with Gasteiger partial charge in [0.25, 0.3) is 0 Å². The summed E-state index contributed by atoms with van der Waals surface area (Å²) in [6.45, 7) is 6.82. The minimum Gasteiger partial charge on any atom is -0.379 e. The van der Waals surface area contributed by atoms with Crippen LogP contribution in [0.5, 0.6) is 0 Å². The molecule has 0 saturated carbocycles. The molecule has 3 heteroatoms. The Hall–Kier alpha value is 0.210. The Balaban J connectivity index is 2.13. The van der Waals surface area contributed by atoms with Gasteiger partial charge in [0.15, 0.2) is 0 Å². The van der Waals surface area contributed by atoms with Gasteiger partial charge < -0.3 is 4.74 Å². The monoisotopic (exact) mass is 163 g/mol. The number of nitrogens with zero attached hydrogens (tertiary/aromatic N) is 1. The Morgan fingerprint density at radius 1 is 1.50 bits per heavy atom. The van der Waals surface area contributed by atoms with Gasteiger partial charge in [-0.1, -0.05) is 0 Å². The van der Waals surface area contributed by atoms with Gasteiger partial charge in [-0.15, -0.1) is 11.6 Å². The van der Waals surface area contributed by atoms with Crippen molar-refractivity contribution in [2.24, 2.45) is 0 Å². The van der Waals surface area contributed by atoms with Crippen molar-refractivity contribution < 1.29 is 4.74 Å². The molecule has 0 aromatic carbocycles. The second-order valence-corrected chi connectivity index (χ2v) is 3.44. The lowest BCUT2D eigenvalue weighted by Crippen LogP contribution is -2.39. The Labute approximate surface area is 67.1 Å².